The number of likely N-dealkylation sites (tertiary alicyclic amines) is 1. The largest absolute Gasteiger partial charge is 0.322 e. The van der Waals surface area contributed by atoms with E-state index in [0.717, 1.165) is 36.2 Å². The highest BCUT2D eigenvalue weighted by Gasteiger charge is 2.37. The molecule has 6 heteroatoms. The molecule has 0 amide bonds. The van der Waals surface area contributed by atoms with Crippen molar-refractivity contribution < 1.29 is 8.42 Å². The van der Waals surface area contributed by atoms with Gasteiger partial charge in [-0.2, -0.15) is 0 Å². The van der Waals surface area contributed by atoms with Crippen molar-refractivity contribution in [1.29, 1.82) is 0 Å². The third-order valence-corrected chi connectivity index (χ3v) is 8.61. The molecule has 160 valence electrons. The van der Waals surface area contributed by atoms with Gasteiger partial charge in [0.15, 0.2) is 9.84 Å². The lowest BCUT2D eigenvalue weighted by molar-refractivity contribution is 0.195. The van der Waals surface area contributed by atoms with E-state index in [1.807, 2.05) is 31.2 Å². The van der Waals surface area contributed by atoms with Gasteiger partial charge in [-0.25, -0.2) is 8.42 Å². The Balaban J connectivity index is 1.66. The summed E-state index contributed by atoms with van der Waals surface area (Å²) in [6.07, 6.45) is 7.02. The summed E-state index contributed by atoms with van der Waals surface area (Å²) in [5, 5.41) is -0.315. The normalized spacial score (nSPS) is 19.2. The van der Waals surface area contributed by atoms with Gasteiger partial charge in [-0.05, 0) is 56.0 Å². The minimum absolute atomic E-state index is 0.0884. The average molecular weight is 427 g/mol. The third-order valence-electron chi connectivity index (χ3n) is 6.50. The van der Waals surface area contributed by atoms with E-state index in [1.54, 1.807) is 19.1 Å². The Kier molecular flexibility index (Phi) is 5.98. The number of benzene rings is 1. The van der Waals surface area contributed by atoms with Crippen molar-refractivity contribution in [3.05, 3.63) is 69.6 Å². The number of sulfone groups is 1. The minimum atomic E-state index is -3.31. The first kappa shape index (κ1) is 21.1. The zero-order valence-electron chi connectivity index (χ0n) is 17.7. The number of pyridine rings is 1. The highest BCUT2D eigenvalue weighted by molar-refractivity contribution is 7.92. The summed E-state index contributed by atoms with van der Waals surface area (Å²) in [6, 6.07) is 11.0. The first-order valence-corrected chi connectivity index (χ1v) is 12.4. The highest BCUT2D eigenvalue weighted by atomic mass is 32.2. The van der Waals surface area contributed by atoms with Crippen LogP contribution < -0.4 is 5.56 Å². The summed E-state index contributed by atoms with van der Waals surface area (Å²) < 4.78 is 25.8. The molecule has 1 aliphatic heterocycles. The molecule has 0 spiro atoms. The highest BCUT2D eigenvalue weighted by Crippen LogP contribution is 2.32. The first-order valence-electron chi connectivity index (χ1n) is 10.9. The fraction of sp³-hybridized carbons (Fsp3) is 0.458. The molecular formula is C24H30N2O3S. The van der Waals surface area contributed by atoms with Crippen LogP contribution in [0.1, 0.15) is 49.4 Å². The lowest BCUT2D eigenvalue weighted by Gasteiger charge is -2.37. The van der Waals surface area contributed by atoms with Gasteiger partial charge < -0.3 is 9.88 Å². The van der Waals surface area contributed by atoms with E-state index in [9.17, 15) is 13.2 Å². The molecule has 0 atom stereocenters. The standard InChI is InChI=1S/C24H30N2O3S/c1-3-26-15-21(16-26)30(28,29)20-11-9-19(10-12-20)22(14-18-6-4-5-7-18)23-13-8-17(2)24(27)25-23/h8-14,18,21H,3-7,15-16H2,1-2H3,(H,25,27)/b22-14-. The number of allylic oxidation sites excluding steroid dienone is 1. The molecule has 5 nitrogen and oxygen atoms in total. The monoisotopic (exact) mass is 426 g/mol. The number of hydrogen-bond donors (Lipinski definition) is 1. The maximum Gasteiger partial charge on any atom is 0.251 e. The summed E-state index contributed by atoms with van der Waals surface area (Å²) in [6.45, 7) is 5.94. The molecule has 1 saturated carbocycles. The van der Waals surface area contributed by atoms with Crippen LogP contribution in [0.15, 0.2) is 52.2 Å². The van der Waals surface area contributed by atoms with E-state index in [-0.39, 0.29) is 10.8 Å². The summed E-state index contributed by atoms with van der Waals surface area (Å²) >= 11 is 0. The van der Waals surface area contributed by atoms with Crippen molar-refractivity contribution in [3.8, 4) is 0 Å². The van der Waals surface area contributed by atoms with Crippen LogP contribution in [0.3, 0.4) is 0 Å². The van der Waals surface area contributed by atoms with Gasteiger partial charge in [-0.1, -0.05) is 44.0 Å². The Hall–Kier alpha value is -2.18. The van der Waals surface area contributed by atoms with Gasteiger partial charge >= 0.3 is 0 Å². The first-order chi connectivity index (χ1) is 14.4. The van der Waals surface area contributed by atoms with Gasteiger partial charge in [0.05, 0.1) is 10.1 Å². The van der Waals surface area contributed by atoms with Crippen LogP contribution >= 0.6 is 0 Å². The molecule has 0 unspecified atom stereocenters. The number of rotatable bonds is 6. The number of nitrogens with zero attached hydrogens (tertiary/aromatic N) is 1. The molecule has 0 radical (unpaired) electrons. The van der Waals surface area contributed by atoms with Gasteiger partial charge in [0.2, 0.25) is 0 Å². The van der Waals surface area contributed by atoms with Gasteiger partial charge in [-0.3, -0.25) is 4.79 Å². The Morgan fingerprint density at radius 2 is 1.77 bits per heavy atom. The fourth-order valence-corrected chi connectivity index (χ4v) is 6.11. The molecule has 1 N–H and O–H groups in total. The third kappa shape index (κ3) is 4.16. The Bertz CT molecular complexity index is 1090. The van der Waals surface area contributed by atoms with Crippen molar-refractivity contribution in [3.63, 3.8) is 0 Å². The van der Waals surface area contributed by atoms with Gasteiger partial charge in [0.1, 0.15) is 0 Å². The quantitative estimate of drug-likeness (QED) is 0.763. The summed E-state index contributed by atoms with van der Waals surface area (Å²) in [7, 11) is -3.31. The zero-order chi connectivity index (χ0) is 21.3. The van der Waals surface area contributed by atoms with Crippen LogP contribution in [0.4, 0.5) is 0 Å². The van der Waals surface area contributed by atoms with Crippen LogP contribution in [0.25, 0.3) is 5.57 Å². The fourth-order valence-electron chi connectivity index (χ4n) is 4.40. The number of H-pyrrole nitrogens is 1. The SMILES string of the molecule is CCN1CC(S(=O)(=O)c2ccc(/C(=C/C3CCCC3)c3ccc(C)c(=O)[nH]3)cc2)C1. The Morgan fingerprint density at radius 1 is 1.10 bits per heavy atom. The molecule has 1 saturated heterocycles. The molecule has 0 bridgehead atoms. The Morgan fingerprint density at radius 3 is 2.37 bits per heavy atom. The number of aromatic amines is 1. The van der Waals surface area contributed by atoms with E-state index in [4.69, 9.17) is 0 Å². The molecule has 1 aromatic heterocycles. The molecular weight excluding hydrogens is 396 g/mol. The predicted octanol–water partition coefficient (Wildman–Crippen LogP) is 3.78. The van der Waals surface area contributed by atoms with Crippen molar-refractivity contribution in [2.45, 2.75) is 49.7 Å². The second-order valence-corrected chi connectivity index (χ2v) is 10.8. The average Bonchev–Trinajstić information content (AvgIpc) is 3.21. The second kappa shape index (κ2) is 8.52. The molecule has 30 heavy (non-hydrogen) atoms. The van der Waals surface area contributed by atoms with E-state index in [2.05, 4.69) is 16.0 Å². The lowest BCUT2D eigenvalue weighted by atomic mass is 9.96. The number of hydrogen-bond acceptors (Lipinski definition) is 4. The Labute approximate surface area is 178 Å². The van der Waals surface area contributed by atoms with Gasteiger partial charge in [0, 0.05) is 29.9 Å². The topological polar surface area (TPSA) is 70.2 Å². The number of aromatic nitrogens is 1. The maximum atomic E-state index is 12.9. The van der Waals surface area contributed by atoms with E-state index < -0.39 is 9.84 Å². The number of nitrogens with one attached hydrogen (secondary N) is 1. The molecule has 4 rings (SSSR count). The van der Waals surface area contributed by atoms with E-state index in [0.29, 0.717) is 29.5 Å². The van der Waals surface area contributed by atoms with Crippen LogP contribution in [0.2, 0.25) is 0 Å². The van der Waals surface area contributed by atoms with Gasteiger partial charge in [-0.15, -0.1) is 0 Å². The summed E-state index contributed by atoms with van der Waals surface area (Å²) in [5.74, 6) is 0.489. The van der Waals surface area contributed by atoms with Crippen molar-refractivity contribution in [2.75, 3.05) is 19.6 Å². The molecule has 2 aromatic rings. The van der Waals surface area contributed by atoms with Crippen LogP contribution in [0, 0.1) is 12.8 Å². The molecule has 2 heterocycles. The van der Waals surface area contributed by atoms with Crippen molar-refractivity contribution in [2.24, 2.45) is 5.92 Å². The summed E-state index contributed by atoms with van der Waals surface area (Å²) in [4.78, 5) is 17.7. The van der Waals surface area contributed by atoms with Crippen LogP contribution in [0.5, 0.6) is 0 Å². The van der Waals surface area contributed by atoms with Crippen LogP contribution in [-0.4, -0.2) is 43.2 Å². The minimum Gasteiger partial charge on any atom is -0.322 e. The van der Waals surface area contributed by atoms with Crippen molar-refractivity contribution in [1.82, 2.24) is 9.88 Å². The lowest BCUT2D eigenvalue weighted by Crippen LogP contribution is -2.54. The molecule has 2 aliphatic rings. The predicted molar refractivity (Wildman–Crippen MR) is 120 cm³/mol. The van der Waals surface area contributed by atoms with E-state index >= 15 is 0 Å². The van der Waals surface area contributed by atoms with E-state index in [1.165, 1.54) is 12.8 Å². The summed E-state index contributed by atoms with van der Waals surface area (Å²) in [5.41, 5.74) is 3.29. The molecule has 1 aromatic carbocycles. The molecule has 1 aliphatic carbocycles. The maximum absolute atomic E-state index is 12.9. The zero-order valence-corrected chi connectivity index (χ0v) is 18.5. The smallest absolute Gasteiger partial charge is 0.251 e. The second-order valence-electron chi connectivity index (χ2n) is 8.55. The van der Waals surface area contributed by atoms with Gasteiger partial charge in [0.25, 0.3) is 5.56 Å². The van der Waals surface area contributed by atoms with Crippen molar-refractivity contribution >= 4 is 15.4 Å². The number of aryl methyl sites for hydroxylation is 1. The van der Waals surface area contributed by atoms with Crippen LogP contribution in [-0.2, 0) is 9.84 Å². The molecule has 2 fully saturated rings.